The topological polar surface area (TPSA) is 66.5 Å². The van der Waals surface area contributed by atoms with Gasteiger partial charge in [-0.3, -0.25) is 4.79 Å². The highest BCUT2D eigenvalue weighted by Crippen LogP contribution is 2.14. The van der Waals surface area contributed by atoms with Crippen LogP contribution in [0.1, 0.15) is 39.0 Å². The Balaban J connectivity index is 1.85. The van der Waals surface area contributed by atoms with Crippen molar-refractivity contribution in [3.63, 3.8) is 0 Å². The average molecular weight is 288 g/mol. The summed E-state index contributed by atoms with van der Waals surface area (Å²) in [5, 5.41) is 3.18. The summed E-state index contributed by atoms with van der Waals surface area (Å²) >= 11 is 0. The number of sulfone groups is 1. The van der Waals surface area contributed by atoms with Crippen LogP contribution in [0.15, 0.2) is 0 Å². The van der Waals surface area contributed by atoms with Crippen molar-refractivity contribution in [1.82, 2.24) is 10.2 Å². The number of hydrogen-bond donors (Lipinski definition) is 1. The highest BCUT2D eigenvalue weighted by Gasteiger charge is 2.31. The lowest BCUT2D eigenvalue weighted by atomic mass is 10.2. The van der Waals surface area contributed by atoms with Crippen LogP contribution in [-0.4, -0.2) is 55.9 Å². The zero-order chi connectivity index (χ0) is 13.9. The maximum absolute atomic E-state index is 12.3. The van der Waals surface area contributed by atoms with Crippen molar-refractivity contribution in [2.45, 2.75) is 51.1 Å². The quantitative estimate of drug-likeness (QED) is 0.824. The highest BCUT2D eigenvalue weighted by atomic mass is 32.2. The summed E-state index contributed by atoms with van der Waals surface area (Å²) in [5.41, 5.74) is 0. The molecule has 2 atom stereocenters. The fraction of sp³-hybridized carbons (Fsp3) is 0.923. The van der Waals surface area contributed by atoms with Crippen molar-refractivity contribution >= 4 is 15.7 Å². The number of likely N-dealkylation sites (tertiary alicyclic amines) is 1. The molecule has 1 amide bonds. The van der Waals surface area contributed by atoms with Gasteiger partial charge in [-0.2, -0.15) is 0 Å². The molecule has 0 aromatic rings. The van der Waals surface area contributed by atoms with Gasteiger partial charge in [-0.05, 0) is 26.2 Å². The Hall–Kier alpha value is -0.620. The zero-order valence-electron chi connectivity index (χ0n) is 11.6. The van der Waals surface area contributed by atoms with Crippen molar-refractivity contribution in [2.75, 3.05) is 24.6 Å². The molecule has 0 saturated carbocycles. The van der Waals surface area contributed by atoms with Gasteiger partial charge in [-0.15, -0.1) is 0 Å². The Morgan fingerprint density at radius 1 is 1.21 bits per heavy atom. The largest absolute Gasteiger partial charge is 0.341 e. The van der Waals surface area contributed by atoms with Crippen LogP contribution in [0, 0.1) is 0 Å². The molecule has 6 heteroatoms. The fourth-order valence-electron chi connectivity index (χ4n) is 2.92. The van der Waals surface area contributed by atoms with Crippen LogP contribution < -0.4 is 5.32 Å². The molecule has 19 heavy (non-hydrogen) atoms. The van der Waals surface area contributed by atoms with Gasteiger partial charge in [-0.25, -0.2) is 8.42 Å². The average Bonchev–Trinajstić information content (AvgIpc) is 2.59. The van der Waals surface area contributed by atoms with Crippen LogP contribution in [0.2, 0.25) is 0 Å². The van der Waals surface area contributed by atoms with Crippen molar-refractivity contribution in [1.29, 1.82) is 0 Å². The number of hydrogen-bond acceptors (Lipinski definition) is 4. The van der Waals surface area contributed by atoms with Gasteiger partial charge < -0.3 is 10.2 Å². The van der Waals surface area contributed by atoms with E-state index in [-0.39, 0.29) is 29.5 Å². The third kappa shape index (κ3) is 4.18. The molecule has 2 aliphatic rings. The number of nitrogens with zero attached hydrogens (tertiary/aromatic N) is 1. The lowest BCUT2D eigenvalue weighted by molar-refractivity contribution is -0.133. The van der Waals surface area contributed by atoms with E-state index in [4.69, 9.17) is 0 Å². The van der Waals surface area contributed by atoms with Gasteiger partial charge in [-0.1, -0.05) is 12.8 Å². The lowest BCUT2D eigenvalue weighted by Gasteiger charge is -2.26. The molecule has 2 rings (SSSR count). The summed E-state index contributed by atoms with van der Waals surface area (Å²) in [5.74, 6) is 0.533. The molecule has 2 heterocycles. The van der Waals surface area contributed by atoms with Crippen LogP contribution in [0.5, 0.6) is 0 Å². The van der Waals surface area contributed by atoms with E-state index >= 15 is 0 Å². The maximum atomic E-state index is 12.3. The molecule has 0 spiro atoms. The summed E-state index contributed by atoms with van der Waals surface area (Å²) in [6.07, 6.45) is 5.19. The second-order valence-corrected chi connectivity index (χ2v) is 7.96. The smallest absolute Gasteiger partial charge is 0.239 e. The van der Waals surface area contributed by atoms with E-state index < -0.39 is 9.84 Å². The summed E-state index contributed by atoms with van der Waals surface area (Å²) < 4.78 is 22.8. The SMILES string of the molecule is CC(NC1CCS(=O)(=O)C1)C(=O)N1CCCCCC1. The van der Waals surface area contributed by atoms with Crippen molar-refractivity contribution in [2.24, 2.45) is 0 Å². The van der Waals surface area contributed by atoms with E-state index in [1.54, 1.807) is 0 Å². The van der Waals surface area contributed by atoms with Crippen molar-refractivity contribution in [3.8, 4) is 0 Å². The van der Waals surface area contributed by atoms with Gasteiger partial charge in [0.05, 0.1) is 17.5 Å². The number of rotatable bonds is 3. The van der Waals surface area contributed by atoms with Crippen LogP contribution in [0.4, 0.5) is 0 Å². The predicted molar refractivity (Wildman–Crippen MR) is 74.7 cm³/mol. The minimum Gasteiger partial charge on any atom is -0.341 e. The van der Waals surface area contributed by atoms with E-state index in [0.29, 0.717) is 6.42 Å². The number of nitrogens with one attached hydrogen (secondary N) is 1. The van der Waals surface area contributed by atoms with E-state index in [2.05, 4.69) is 5.32 Å². The van der Waals surface area contributed by atoms with Gasteiger partial charge in [0, 0.05) is 19.1 Å². The zero-order valence-corrected chi connectivity index (χ0v) is 12.4. The van der Waals surface area contributed by atoms with Crippen LogP contribution in [-0.2, 0) is 14.6 Å². The van der Waals surface area contributed by atoms with Gasteiger partial charge in [0.1, 0.15) is 0 Å². The second kappa shape index (κ2) is 6.22. The molecule has 2 unspecified atom stereocenters. The minimum atomic E-state index is -2.88. The van der Waals surface area contributed by atoms with Crippen LogP contribution in [0.3, 0.4) is 0 Å². The number of amides is 1. The Morgan fingerprint density at radius 2 is 1.84 bits per heavy atom. The molecule has 0 radical (unpaired) electrons. The molecule has 5 nitrogen and oxygen atoms in total. The first-order valence-electron chi connectivity index (χ1n) is 7.23. The van der Waals surface area contributed by atoms with Crippen molar-refractivity contribution < 1.29 is 13.2 Å². The molecule has 2 saturated heterocycles. The van der Waals surface area contributed by atoms with Gasteiger partial charge in [0.2, 0.25) is 5.91 Å². The molecular formula is C13H24N2O3S. The summed E-state index contributed by atoms with van der Waals surface area (Å²) in [6.45, 7) is 3.53. The maximum Gasteiger partial charge on any atom is 0.239 e. The third-order valence-corrected chi connectivity index (χ3v) is 5.77. The standard InChI is InChI=1S/C13H24N2O3S/c1-11(14-12-6-9-19(17,18)10-12)13(16)15-7-4-2-3-5-8-15/h11-12,14H,2-10H2,1H3. The molecule has 0 aromatic heterocycles. The second-order valence-electron chi connectivity index (χ2n) is 5.73. The fourth-order valence-corrected chi connectivity index (χ4v) is 4.60. The monoisotopic (exact) mass is 288 g/mol. The van der Waals surface area contributed by atoms with Gasteiger partial charge >= 0.3 is 0 Å². The normalized spacial score (nSPS) is 28.9. The van der Waals surface area contributed by atoms with Gasteiger partial charge in [0.25, 0.3) is 0 Å². The van der Waals surface area contributed by atoms with E-state index in [1.165, 1.54) is 12.8 Å². The predicted octanol–water partition coefficient (Wildman–Crippen LogP) is 0.554. The molecule has 1 N–H and O–H groups in total. The lowest BCUT2D eigenvalue weighted by Crippen LogP contribution is -2.49. The molecule has 2 fully saturated rings. The summed E-state index contributed by atoms with van der Waals surface area (Å²) in [6, 6.07) is -0.340. The Morgan fingerprint density at radius 3 is 2.37 bits per heavy atom. The molecule has 110 valence electrons. The van der Waals surface area contributed by atoms with Crippen molar-refractivity contribution in [3.05, 3.63) is 0 Å². The number of carbonyl (C=O) groups excluding carboxylic acids is 1. The summed E-state index contributed by atoms with van der Waals surface area (Å²) in [7, 11) is -2.88. The third-order valence-electron chi connectivity index (χ3n) is 4.01. The minimum absolute atomic E-state index is 0.0593. The van der Waals surface area contributed by atoms with E-state index in [1.807, 2.05) is 11.8 Å². The molecule has 0 bridgehead atoms. The van der Waals surface area contributed by atoms with Crippen LogP contribution >= 0.6 is 0 Å². The first-order valence-corrected chi connectivity index (χ1v) is 9.05. The molecule has 2 aliphatic heterocycles. The van der Waals surface area contributed by atoms with Crippen LogP contribution in [0.25, 0.3) is 0 Å². The Labute approximate surface area is 115 Å². The first-order chi connectivity index (χ1) is 8.98. The van der Waals surface area contributed by atoms with E-state index in [0.717, 1.165) is 25.9 Å². The summed E-state index contributed by atoms with van der Waals surface area (Å²) in [4.78, 5) is 14.2. The molecular weight excluding hydrogens is 264 g/mol. The first kappa shape index (κ1) is 14.8. The highest BCUT2D eigenvalue weighted by molar-refractivity contribution is 7.91. The Kier molecular flexibility index (Phi) is 4.84. The van der Waals surface area contributed by atoms with E-state index in [9.17, 15) is 13.2 Å². The Bertz CT molecular complexity index is 414. The van der Waals surface area contributed by atoms with Gasteiger partial charge in [0.15, 0.2) is 9.84 Å². The molecule has 0 aliphatic carbocycles. The molecule has 0 aromatic carbocycles. The number of carbonyl (C=O) groups is 1.